The van der Waals surface area contributed by atoms with Crippen LogP contribution in [-0.4, -0.2) is 50.5 Å². The minimum Gasteiger partial charge on any atom is -0.379 e. The molecule has 1 unspecified atom stereocenters. The van der Waals surface area contributed by atoms with Crippen LogP contribution in [0.1, 0.15) is 74.1 Å². The number of rotatable bonds is 12. The van der Waals surface area contributed by atoms with Crippen molar-refractivity contribution in [2.75, 3.05) is 27.3 Å². The molecule has 0 bridgehead atoms. The monoisotopic (exact) mass is 346 g/mol. The van der Waals surface area contributed by atoms with E-state index in [2.05, 4.69) is 45.3 Å². The fraction of sp³-hybridized carbons (Fsp3) is 0.947. The van der Waals surface area contributed by atoms with Gasteiger partial charge in [-0.2, -0.15) is 0 Å². The minimum absolute atomic E-state index is 0.0578. The van der Waals surface area contributed by atoms with Crippen molar-refractivity contribution in [3.05, 3.63) is 0 Å². The Hall–Kier alpha value is -0.650. The molecule has 5 heteroatoms. The molecule has 2 N–H and O–H groups in total. The summed E-state index contributed by atoms with van der Waals surface area (Å²) in [5, 5.41) is 6.04. The number of ether oxygens (including phenoxy) is 2. The van der Waals surface area contributed by atoms with Gasteiger partial charge >= 0.3 is 0 Å². The van der Waals surface area contributed by atoms with Crippen LogP contribution in [0.25, 0.3) is 0 Å². The first-order valence-electron chi connectivity index (χ1n) is 9.31. The highest BCUT2D eigenvalue weighted by Gasteiger charge is 2.23. The van der Waals surface area contributed by atoms with Gasteiger partial charge in [0, 0.05) is 14.2 Å². The van der Waals surface area contributed by atoms with Crippen LogP contribution in [0.3, 0.4) is 0 Å². The van der Waals surface area contributed by atoms with Gasteiger partial charge in [0.05, 0.1) is 23.9 Å². The lowest BCUT2D eigenvalue weighted by molar-refractivity contribution is -0.123. The number of amides is 1. The van der Waals surface area contributed by atoms with E-state index in [4.69, 9.17) is 9.47 Å². The third-order valence-corrected chi connectivity index (χ3v) is 4.01. The Kier molecular flexibility index (Phi) is 14.5. The Balaban J connectivity index is 0. The summed E-state index contributed by atoms with van der Waals surface area (Å²) >= 11 is 0. The average molecular weight is 347 g/mol. The summed E-state index contributed by atoms with van der Waals surface area (Å²) in [6.45, 7) is 15.8. The predicted octanol–water partition coefficient (Wildman–Crippen LogP) is 3.52. The number of nitrogens with one attached hydrogen (secondary N) is 2. The van der Waals surface area contributed by atoms with Crippen molar-refractivity contribution >= 4 is 5.91 Å². The van der Waals surface area contributed by atoms with Gasteiger partial charge in [0.15, 0.2) is 0 Å². The maximum absolute atomic E-state index is 11.8. The molecule has 146 valence electrons. The van der Waals surface area contributed by atoms with E-state index in [1.165, 1.54) is 0 Å². The van der Waals surface area contributed by atoms with E-state index < -0.39 is 0 Å². The number of likely N-dealkylation sites (N-methyl/N-ethyl adjacent to an activating group) is 1. The van der Waals surface area contributed by atoms with Gasteiger partial charge in [0.2, 0.25) is 5.91 Å². The Morgan fingerprint density at radius 2 is 1.67 bits per heavy atom. The smallest absolute Gasteiger partial charge is 0.236 e. The molecule has 0 fully saturated rings. The first kappa shape index (κ1) is 25.6. The molecule has 0 aromatic heterocycles. The van der Waals surface area contributed by atoms with E-state index in [1.54, 1.807) is 14.2 Å². The number of carbonyl (C=O) groups is 1. The fourth-order valence-corrected chi connectivity index (χ4v) is 2.08. The van der Waals surface area contributed by atoms with Crippen molar-refractivity contribution in [2.45, 2.75) is 91.4 Å². The second kappa shape index (κ2) is 13.6. The molecular weight excluding hydrogens is 304 g/mol. The highest BCUT2D eigenvalue weighted by molar-refractivity contribution is 5.81. The molecule has 0 heterocycles. The van der Waals surface area contributed by atoms with Gasteiger partial charge in [-0.1, -0.05) is 27.2 Å². The van der Waals surface area contributed by atoms with Gasteiger partial charge in [-0.05, 0) is 53.5 Å². The second-order valence-corrected chi connectivity index (χ2v) is 6.98. The van der Waals surface area contributed by atoms with Crippen LogP contribution >= 0.6 is 0 Å². The molecule has 0 aliphatic heterocycles. The van der Waals surface area contributed by atoms with E-state index >= 15 is 0 Å². The van der Waals surface area contributed by atoms with Crippen LogP contribution in [0.15, 0.2) is 0 Å². The van der Waals surface area contributed by atoms with Crippen LogP contribution in [-0.2, 0) is 14.3 Å². The Labute approximate surface area is 150 Å². The van der Waals surface area contributed by atoms with E-state index in [0.29, 0.717) is 6.61 Å². The Bertz CT molecular complexity index is 318. The lowest BCUT2D eigenvalue weighted by Gasteiger charge is -2.29. The molecule has 1 amide bonds. The standard InChI is InChI=1S/C17H36N2O3.C2H6/c1-8-9-14(15(20)18-6)19-12-10-17(4,5)22-13-11-16(2,3)21-7;1-2/h14,19H,8-13H2,1-7H3,(H,18,20);1-2H3. The molecular formula is C19H42N2O3. The topological polar surface area (TPSA) is 59.6 Å². The SMILES string of the molecule is CC.CCCC(NCCC(C)(C)OCCC(C)(C)OC)C(=O)NC. The van der Waals surface area contributed by atoms with Crippen molar-refractivity contribution in [1.29, 1.82) is 0 Å². The summed E-state index contributed by atoms with van der Waals surface area (Å²) in [4.78, 5) is 11.8. The van der Waals surface area contributed by atoms with Crippen molar-refractivity contribution in [3.8, 4) is 0 Å². The molecule has 0 rings (SSSR count). The third-order valence-electron chi connectivity index (χ3n) is 4.01. The van der Waals surface area contributed by atoms with Crippen molar-refractivity contribution in [2.24, 2.45) is 0 Å². The first-order chi connectivity index (χ1) is 11.2. The Morgan fingerprint density at radius 1 is 1.08 bits per heavy atom. The van der Waals surface area contributed by atoms with Crippen LogP contribution in [0.5, 0.6) is 0 Å². The molecule has 0 radical (unpaired) electrons. The van der Waals surface area contributed by atoms with Crippen LogP contribution < -0.4 is 10.6 Å². The molecule has 24 heavy (non-hydrogen) atoms. The molecule has 0 saturated heterocycles. The minimum atomic E-state index is -0.212. The van der Waals surface area contributed by atoms with Crippen LogP contribution in [0.4, 0.5) is 0 Å². The molecule has 0 aliphatic carbocycles. The van der Waals surface area contributed by atoms with Gasteiger partial charge in [-0.25, -0.2) is 0 Å². The average Bonchev–Trinajstić information content (AvgIpc) is 2.54. The quantitative estimate of drug-likeness (QED) is 0.568. The predicted molar refractivity (Wildman–Crippen MR) is 102 cm³/mol. The lowest BCUT2D eigenvalue weighted by Crippen LogP contribution is -2.44. The zero-order valence-electron chi connectivity index (χ0n) is 17.5. The largest absolute Gasteiger partial charge is 0.379 e. The number of hydrogen-bond acceptors (Lipinski definition) is 4. The summed E-state index contributed by atoms with van der Waals surface area (Å²) in [5.74, 6) is 0.0578. The second-order valence-electron chi connectivity index (χ2n) is 6.98. The molecule has 0 aromatic carbocycles. The van der Waals surface area contributed by atoms with Gasteiger partial charge in [0.1, 0.15) is 0 Å². The summed E-state index contributed by atoms with van der Waals surface area (Å²) in [7, 11) is 3.40. The van der Waals surface area contributed by atoms with E-state index in [0.717, 1.165) is 32.2 Å². The van der Waals surface area contributed by atoms with Gasteiger partial charge in [-0.15, -0.1) is 0 Å². The maximum atomic E-state index is 11.8. The zero-order chi connectivity index (χ0) is 19.2. The molecule has 0 saturated carbocycles. The molecule has 0 aromatic rings. The molecule has 0 spiro atoms. The van der Waals surface area contributed by atoms with Gasteiger partial charge in [-0.3, -0.25) is 4.79 Å². The summed E-state index contributed by atoms with van der Waals surface area (Å²) in [6.07, 6.45) is 3.55. The normalized spacial score (nSPS) is 13.0. The van der Waals surface area contributed by atoms with E-state index in [1.807, 2.05) is 13.8 Å². The number of hydrogen-bond donors (Lipinski definition) is 2. The fourth-order valence-electron chi connectivity index (χ4n) is 2.08. The van der Waals surface area contributed by atoms with Crippen LogP contribution in [0, 0.1) is 0 Å². The molecule has 5 nitrogen and oxygen atoms in total. The lowest BCUT2D eigenvalue weighted by atomic mass is 10.0. The summed E-state index contributed by atoms with van der Waals surface area (Å²) < 4.78 is 11.4. The molecule has 0 aliphatic rings. The summed E-state index contributed by atoms with van der Waals surface area (Å²) in [6, 6.07) is -0.113. The number of carbonyl (C=O) groups excluding carboxylic acids is 1. The van der Waals surface area contributed by atoms with Crippen LogP contribution in [0.2, 0.25) is 0 Å². The Morgan fingerprint density at radius 3 is 2.12 bits per heavy atom. The zero-order valence-corrected chi connectivity index (χ0v) is 17.5. The van der Waals surface area contributed by atoms with Crippen molar-refractivity contribution < 1.29 is 14.3 Å². The molecule has 1 atom stereocenters. The summed E-state index contributed by atoms with van der Waals surface area (Å²) in [5.41, 5.74) is -0.365. The number of methoxy groups -OCH3 is 1. The highest BCUT2D eigenvalue weighted by Crippen LogP contribution is 2.18. The highest BCUT2D eigenvalue weighted by atomic mass is 16.5. The van der Waals surface area contributed by atoms with Crippen molar-refractivity contribution in [3.63, 3.8) is 0 Å². The maximum Gasteiger partial charge on any atom is 0.236 e. The third kappa shape index (κ3) is 12.7. The van der Waals surface area contributed by atoms with Gasteiger partial charge in [0.25, 0.3) is 0 Å². The van der Waals surface area contributed by atoms with Crippen molar-refractivity contribution in [1.82, 2.24) is 10.6 Å². The van der Waals surface area contributed by atoms with E-state index in [-0.39, 0.29) is 23.2 Å². The first-order valence-corrected chi connectivity index (χ1v) is 9.31. The van der Waals surface area contributed by atoms with E-state index in [9.17, 15) is 4.79 Å². The van der Waals surface area contributed by atoms with Gasteiger partial charge < -0.3 is 20.1 Å².